The van der Waals surface area contributed by atoms with Gasteiger partial charge in [0.15, 0.2) is 0 Å². The largest absolute Gasteiger partial charge is 0.438 e. The van der Waals surface area contributed by atoms with E-state index in [2.05, 4.69) is 19.6 Å². The van der Waals surface area contributed by atoms with Crippen molar-refractivity contribution in [2.45, 2.75) is 31.7 Å². The van der Waals surface area contributed by atoms with E-state index in [1.165, 1.54) is 18.7 Å². The molecule has 1 aromatic carbocycles. The first-order valence-corrected chi connectivity index (χ1v) is 11.7. The predicted octanol–water partition coefficient (Wildman–Crippen LogP) is 4.13. The van der Waals surface area contributed by atoms with E-state index < -0.39 is 27.4 Å². The fourth-order valence-electron chi connectivity index (χ4n) is 2.71. The van der Waals surface area contributed by atoms with Crippen LogP contribution in [-0.2, 0) is 15.7 Å². The number of nitrogens with one attached hydrogen (secondary N) is 1. The highest BCUT2D eigenvalue weighted by molar-refractivity contribution is 7.95. The summed E-state index contributed by atoms with van der Waals surface area (Å²) < 4.78 is 49.1. The molecule has 1 heterocycles. The van der Waals surface area contributed by atoms with E-state index in [0.29, 0.717) is 12.7 Å². The van der Waals surface area contributed by atoms with Gasteiger partial charge in [0.25, 0.3) is 5.91 Å². The molecule has 1 aliphatic rings. The van der Waals surface area contributed by atoms with E-state index in [-0.39, 0.29) is 23.4 Å². The van der Waals surface area contributed by atoms with Crippen LogP contribution in [0, 0.1) is 5.92 Å². The minimum Gasteiger partial charge on any atom is -0.438 e. The lowest BCUT2D eigenvalue weighted by Crippen LogP contribution is -2.35. The van der Waals surface area contributed by atoms with Crippen molar-refractivity contribution in [3.63, 3.8) is 0 Å². The summed E-state index contributed by atoms with van der Waals surface area (Å²) in [5.41, 5.74) is -0.0756. The van der Waals surface area contributed by atoms with Gasteiger partial charge in [0, 0.05) is 31.8 Å². The third-order valence-corrected chi connectivity index (χ3v) is 6.06. The summed E-state index contributed by atoms with van der Waals surface area (Å²) >= 11 is 0. The maximum absolute atomic E-state index is 13.7. The molecule has 2 aromatic rings. The maximum Gasteiger partial charge on any atom is 0.303 e. The Morgan fingerprint density at radius 2 is 2.03 bits per heavy atom. The van der Waals surface area contributed by atoms with E-state index in [0.717, 1.165) is 19.0 Å². The van der Waals surface area contributed by atoms with Gasteiger partial charge < -0.3 is 10.1 Å². The highest BCUT2D eigenvalue weighted by Crippen LogP contribution is 2.34. The first kappa shape index (κ1) is 22.8. The number of alkyl halides is 2. The van der Waals surface area contributed by atoms with Gasteiger partial charge in [-0.25, -0.2) is 13.6 Å². The zero-order valence-corrected chi connectivity index (χ0v) is 18.2. The summed E-state index contributed by atoms with van der Waals surface area (Å²) in [5, 5.41) is 4.32. The highest BCUT2D eigenvalue weighted by atomic mass is 32.2. The van der Waals surface area contributed by atoms with Crippen molar-refractivity contribution in [3.05, 3.63) is 59.4 Å². The number of hydrogen-bond donors (Lipinski definition) is 1. The van der Waals surface area contributed by atoms with Gasteiger partial charge in [-0.3, -0.25) is 4.79 Å². The molecular formula is C21H24F2N4O3S. The van der Waals surface area contributed by atoms with Crippen LogP contribution in [0.2, 0.25) is 0 Å². The smallest absolute Gasteiger partial charge is 0.303 e. The fraction of sp³-hybridized carbons (Fsp3) is 0.381. The quantitative estimate of drug-likeness (QED) is 0.653. The number of hydrogen-bond acceptors (Lipinski definition) is 6. The molecule has 31 heavy (non-hydrogen) atoms. The van der Waals surface area contributed by atoms with Gasteiger partial charge in [-0.15, -0.1) is 0 Å². The van der Waals surface area contributed by atoms with E-state index in [4.69, 9.17) is 4.74 Å². The second-order valence-corrected chi connectivity index (χ2v) is 9.78. The van der Waals surface area contributed by atoms with Crippen molar-refractivity contribution >= 4 is 15.6 Å². The van der Waals surface area contributed by atoms with Gasteiger partial charge in [-0.05, 0) is 30.9 Å². The number of rotatable bonds is 8. The number of amides is 1. The second-order valence-electron chi connectivity index (χ2n) is 7.42. The number of carbonyl (C=O) groups excluding carboxylic acids is 1. The molecule has 10 heteroatoms. The molecule has 0 unspecified atom stereocenters. The third-order valence-electron chi connectivity index (χ3n) is 4.68. The van der Waals surface area contributed by atoms with Gasteiger partial charge in [-0.2, -0.15) is 13.8 Å². The Hall–Kier alpha value is -2.88. The number of nitrogens with zero attached hydrogens (tertiary/aromatic N) is 3. The molecule has 0 bridgehead atoms. The van der Waals surface area contributed by atoms with Crippen molar-refractivity contribution in [2.75, 3.05) is 13.3 Å². The van der Waals surface area contributed by atoms with E-state index in [9.17, 15) is 17.8 Å². The minimum atomic E-state index is -3.30. The SMILES string of the molecule is CN=[S@@](C)(=O)/C=C/[C@@H](NC(=O)c1cnc(C(C)(F)F)nc1Oc1ccccc1)C1CC1. The normalized spacial score (nSPS) is 17.1. The molecule has 3 rings (SSSR count). The van der Waals surface area contributed by atoms with Crippen LogP contribution < -0.4 is 10.1 Å². The zero-order valence-electron chi connectivity index (χ0n) is 17.4. The summed E-state index contributed by atoms with van der Waals surface area (Å²) in [5.74, 6) is -4.34. The van der Waals surface area contributed by atoms with Gasteiger partial charge in [0.1, 0.15) is 11.3 Å². The molecule has 2 atom stereocenters. The van der Waals surface area contributed by atoms with Gasteiger partial charge in [0.2, 0.25) is 11.7 Å². The molecule has 166 valence electrons. The Bertz CT molecular complexity index is 1090. The summed E-state index contributed by atoms with van der Waals surface area (Å²) in [6, 6.07) is 8.05. The number of halogens is 2. The van der Waals surface area contributed by atoms with Crippen molar-refractivity contribution in [1.29, 1.82) is 0 Å². The minimum absolute atomic E-state index is 0.0756. The summed E-state index contributed by atoms with van der Waals surface area (Å²) in [4.78, 5) is 20.4. The molecule has 1 aliphatic carbocycles. The van der Waals surface area contributed by atoms with E-state index >= 15 is 0 Å². The van der Waals surface area contributed by atoms with Crippen molar-refractivity contribution in [1.82, 2.24) is 15.3 Å². The molecule has 7 nitrogen and oxygen atoms in total. The van der Waals surface area contributed by atoms with Gasteiger partial charge in [-0.1, -0.05) is 24.3 Å². The third kappa shape index (κ3) is 6.30. The lowest BCUT2D eigenvalue weighted by Gasteiger charge is -2.17. The molecule has 0 radical (unpaired) electrons. The molecular weight excluding hydrogens is 426 g/mol. The number of benzene rings is 1. The van der Waals surface area contributed by atoms with Crippen LogP contribution >= 0.6 is 0 Å². The van der Waals surface area contributed by atoms with Crippen molar-refractivity contribution < 1.29 is 22.5 Å². The predicted molar refractivity (Wildman–Crippen MR) is 114 cm³/mol. The average molecular weight is 451 g/mol. The molecule has 1 amide bonds. The van der Waals surface area contributed by atoms with Crippen molar-refractivity contribution in [3.8, 4) is 11.6 Å². The monoisotopic (exact) mass is 450 g/mol. The Labute approximate surface area is 180 Å². The molecule has 0 aliphatic heterocycles. The maximum atomic E-state index is 13.7. The molecule has 0 spiro atoms. The van der Waals surface area contributed by atoms with Crippen LogP contribution in [0.15, 0.2) is 52.4 Å². The number of ether oxygens (including phenoxy) is 1. The first-order chi connectivity index (χ1) is 14.6. The molecule has 1 aromatic heterocycles. The van der Waals surface area contributed by atoms with Gasteiger partial charge in [0.05, 0.1) is 15.8 Å². The van der Waals surface area contributed by atoms with Crippen LogP contribution in [0.5, 0.6) is 11.6 Å². The molecule has 1 fully saturated rings. The van der Waals surface area contributed by atoms with Crippen LogP contribution in [0.25, 0.3) is 0 Å². The number of aromatic nitrogens is 2. The zero-order chi connectivity index (χ0) is 22.6. The van der Waals surface area contributed by atoms with Crippen LogP contribution in [0.3, 0.4) is 0 Å². The highest BCUT2D eigenvalue weighted by Gasteiger charge is 2.33. The summed E-state index contributed by atoms with van der Waals surface area (Å²) in [6.45, 7) is 0.670. The Morgan fingerprint density at radius 1 is 1.35 bits per heavy atom. The van der Waals surface area contributed by atoms with E-state index in [1.54, 1.807) is 36.4 Å². The Morgan fingerprint density at radius 3 is 2.61 bits per heavy atom. The summed E-state index contributed by atoms with van der Waals surface area (Å²) in [6.07, 6.45) is 6.02. The fourth-order valence-corrected chi connectivity index (χ4v) is 3.29. The Balaban J connectivity index is 1.90. The average Bonchev–Trinajstić information content (AvgIpc) is 3.56. The van der Waals surface area contributed by atoms with Crippen LogP contribution in [0.4, 0.5) is 8.78 Å². The van der Waals surface area contributed by atoms with Crippen molar-refractivity contribution in [2.24, 2.45) is 10.3 Å². The topological polar surface area (TPSA) is 93.5 Å². The molecule has 1 N–H and O–H groups in total. The summed E-state index contributed by atoms with van der Waals surface area (Å²) in [7, 11) is -1.02. The molecule has 1 saturated carbocycles. The first-order valence-electron chi connectivity index (χ1n) is 9.66. The number of carbonyl (C=O) groups is 1. The lowest BCUT2D eigenvalue weighted by molar-refractivity contribution is 0.00707. The van der Waals surface area contributed by atoms with Crippen LogP contribution in [0.1, 0.15) is 35.9 Å². The molecule has 0 saturated heterocycles. The standard InChI is InChI=1S/C21H24F2N4O3S/c1-21(22,23)20-25-13-16(19(27-20)30-15-7-5-4-6-8-15)18(28)26-17(14-9-10-14)11-12-31(3,29)24-2/h4-8,11-14,17H,9-10H2,1-3H3,(H,26,28)/b12-11+/t17-,31+/m1/s1. The second kappa shape index (κ2) is 9.09. The van der Waals surface area contributed by atoms with E-state index in [1.807, 2.05) is 0 Å². The van der Waals surface area contributed by atoms with Crippen LogP contribution in [-0.4, -0.2) is 39.4 Å². The number of para-hydroxylation sites is 1. The Kier molecular flexibility index (Phi) is 6.68. The lowest BCUT2D eigenvalue weighted by atomic mass is 10.1. The van der Waals surface area contributed by atoms with Gasteiger partial charge >= 0.3 is 5.92 Å².